The van der Waals surface area contributed by atoms with Gasteiger partial charge in [0.15, 0.2) is 0 Å². The lowest BCUT2D eigenvalue weighted by atomic mass is 10.2. The number of carbonyl (C=O) groups excluding carboxylic acids is 1. The predicted octanol–water partition coefficient (Wildman–Crippen LogP) is 2.71. The molecule has 1 aliphatic rings. The molecule has 1 amide bonds. The molecule has 3 rings (SSSR count). The molecule has 2 aromatic rings. The molecule has 0 bridgehead atoms. The number of methoxy groups -OCH3 is 1. The summed E-state index contributed by atoms with van der Waals surface area (Å²) in [4.78, 5) is 15.0. The number of benzene rings is 2. The van der Waals surface area contributed by atoms with Crippen molar-refractivity contribution in [2.24, 2.45) is 5.92 Å². The van der Waals surface area contributed by atoms with E-state index in [4.69, 9.17) is 4.74 Å². The Morgan fingerprint density at radius 1 is 1.21 bits per heavy atom. The lowest BCUT2D eigenvalue weighted by molar-refractivity contribution is 0.102. The molecule has 0 aromatic heterocycles. The first-order chi connectivity index (χ1) is 13.9. The van der Waals surface area contributed by atoms with Crippen molar-refractivity contribution in [2.75, 3.05) is 43.6 Å². The van der Waals surface area contributed by atoms with Crippen LogP contribution in [0.5, 0.6) is 0 Å². The van der Waals surface area contributed by atoms with Gasteiger partial charge in [-0.05, 0) is 54.8 Å². The minimum atomic E-state index is -3.70. The van der Waals surface area contributed by atoms with Gasteiger partial charge in [-0.25, -0.2) is 13.1 Å². The molecule has 29 heavy (non-hydrogen) atoms. The van der Waals surface area contributed by atoms with Crippen molar-refractivity contribution >= 4 is 27.3 Å². The lowest BCUT2D eigenvalue weighted by Crippen LogP contribution is -2.27. The van der Waals surface area contributed by atoms with E-state index in [-0.39, 0.29) is 29.5 Å². The second-order valence-corrected chi connectivity index (χ2v) is 9.03. The maximum Gasteiger partial charge on any atom is 0.255 e. The first kappa shape index (κ1) is 21.3. The predicted molar refractivity (Wildman–Crippen MR) is 114 cm³/mol. The van der Waals surface area contributed by atoms with Gasteiger partial charge in [-0.15, -0.1) is 0 Å². The van der Waals surface area contributed by atoms with Crippen molar-refractivity contribution in [3.05, 3.63) is 54.1 Å². The summed E-state index contributed by atoms with van der Waals surface area (Å²) >= 11 is 0. The number of nitrogens with zero attached hydrogens (tertiary/aromatic N) is 1. The number of sulfonamides is 1. The van der Waals surface area contributed by atoms with Crippen LogP contribution in [0.25, 0.3) is 0 Å². The van der Waals surface area contributed by atoms with Crippen LogP contribution in [-0.4, -0.2) is 47.7 Å². The van der Waals surface area contributed by atoms with E-state index in [1.54, 1.807) is 12.1 Å². The summed E-state index contributed by atoms with van der Waals surface area (Å²) in [5, 5.41) is 2.82. The second kappa shape index (κ2) is 9.39. The Hall–Kier alpha value is -2.42. The van der Waals surface area contributed by atoms with E-state index in [1.165, 1.54) is 25.7 Å². The Balaban J connectivity index is 1.66. The summed E-state index contributed by atoms with van der Waals surface area (Å²) in [5.41, 5.74) is 2.08. The number of hydrogen-bond acceptors (Lipinski definition) is 5. The second-order valence-electron chi connectivity index (χ2n) is 7.26. The number of amides is 1. The van der Waals surface area contributed by atoms with E-state index in [9.17, 15) is 13.2 Å². The Labute approximate surface area is 172 Å². The average Bonchev–Trinajstić information content (AvgIpc) is 3.15. The molecule has 156 valence electrons. The van der Waals surface area contributed by atoms with Gasteiger partial charge in [-0.2, -0.15) is 0 Å². The summed E-state index contributed by atoms with van der Waals surface area (Å²) in [6.45, 7) is 4.77. The van der Waals surface area contributed by atoms with Crippen LogP contribution in [0.15, 0.2) is 53.4 Å². The van der Waals surface area contributed by atoms with Crippen LogP contribution in [0.1, 0.15) is 23.7 Å². The number of rotatable bonds is 8. The lowest BCUT2D eigenvalue weighted by Gasteiger charge is -2.18. The van der Waals surface area contributed by atoms with E-state index >= 15 is 0 Å². The maximum absolute atomic E-state index is 12.6. The SMILES string of the molecule is COCCNS(=O)(=O)c1cccc(C(=O)Nc2ccc(N3CCC(C)C3)cc2)c1. The van der Waals surface area contributed by atoms with Crippen molar-refractivity contribution < 1.29 is 17.9 Å². The van der Waals surface area contributed by atoms with Gasteiger partial charge in [0.2, 0.25) is 10.0 Å². The summed E-state index contributed by atoms with van der Waals surface area (Å²) < 4.78 is 31.9. The van der Waals surface area contributed by atoms with Crippen molar-refractivity contribution in [1.29, 1.82) is 0 Å². The standard InChI is InChI=1S/C21H27N3O4S/c1-16-10-12-24(15-16)19-8-6-18(7-9-19)23-21(25)17-4-3-5-20(14-17)29(26,27)22-11-13-28-2/h3-9,14,16,22H,10-13,15H2,1-2H3,(H,23,25). The third-order valence-electron chi connectivity index (χ3n) is 4.92. The van der Waals surface area contributed by atoms with Crippen molar-refractivity contribution in [3.63, 3.8) is 0 Å². The molecule has 1 fully saturated rings. The minimum absolute atomic E-state index is 0.0414. The van der Waals surface area contributed by atoms with Gasteiger partial charge < -0.3 is 15.0 Å². The van der Waals surface area contributed by atoms with E-state index in [0.717, 1.165) is 18.8 Å². The van der Waals surface area contributed by atoms with Crippen molar-refractivity contribution in [1.82, 2.24) is 4.72 Å². The molecule has 1 saturated heterocycles. The summed E-state index contributed by atoms with van der Waals surface area (Å²) in [7, 11) is -2.20. The van der Waals surface area contributed by atoms with Gasteiger partial charge in [0.05, 0.1) is 11.5 Å². The fourth-order valence-electron chi connectivity index (χ4n) is 3.29. The molecule has 0 saturated carbocycles. The molecule has 7 nitrogen and oxygen atoms in total. The number of hydrogen-bond donors (Lipinski definition) is 2. The first-order valence-corrected chi connectivity index (χ1v) is 11.1. The monoisotopic (exact) mass is 417 g/mol. The highest BCUT2D eigenvalue weighted by Crippen LogP contribution is 2.25. The molecule has 2 aromatic carbocycles. The van der Waals surface area contributed by atoms with Crippen LogP contribution >= 0.6 is 0 Å². The van der Waals surface area contributed by atoms with Gasteiger partial charge in [-0.1, -0.05) is 13.0 Å². The normalized spacial score (nSPS) is 16.8. The molecule has 8 heteroatoms. The Morgan fingerprint density at radius 3 is 2.62 bits per heavy atom. The van der Waals surface area contributed by atoms with Crippen LogP contribution in [0.4, 0.5) is 11.4 Å². The van der Waals surface area contributed by atoms with Crippen molar-refractivity contribution in [3.8, 4) is 0 Å². The largest absolute Gasteiger partial charge is 0.383 e. The van der Waals surface area contributed by atoms with Crippen LogP contribution in [0.3, 0.4) is 0 Å². The quantitative estimate of drug-likeness (QED) is 0.645. The average molecular weight is 418 g/mol. The Kier molecular flexibility index (Phi) is 6.89. The number of nitrogens with one attached hydrogen (secondary N) is 2. The molecule has 0 radical (unpaired) electrons. The minimum Gasteiger partial charge on any atom is -0.383 e. The third-order valence-corrected chi connectivity index (χ3v) is 6.38. The fraction of sp³-hybridized carbons (Fsp3) is 0.381. The summed E-state index contributed by atoms with van der Waals surface area (Å²) in [5.74, 6) is 0.336. The van der Waals surface area contributed by atoms with Crippen LogP contribution in [0.2, 0.25) is 0 Å². The van der Waals surface area contributed by atoms with E-state index < -0.39 is 10.0 Å². The maximum atomic E-state index is 12.6. The van der Waals surface area contributed by atoms with Crippen LogP contribution in [-0.2, 0) is 14.8 Å². The number of ether oxygens (including phenoxy) is 1. The van der Waals surface area contributed by atoms with Gasteiger partial charge in [0.1, 0.15) is 0 Å². The van der Waals surface area contributed by atoms with Gasteiger partial charge in [0.25, 0.3) is 5.91 Å². The van der Waals surface area contributed by atoms with Crippen LogP contribution in [0, 0.1) is 5.92 Å². The fourth-order valence-corrected chi connectivity index (χ4v) is 4.35. The molecule has 0 aliphatic carbocycles. The first-order valence-electron chi connectivity index (χ1n) is 9.64. The zero-order chi connectivity index (χ0) is 20.9. The molecule has 1 atom stereocenters. The molecular weight excluding hydrogens is 390 g/mol. The summed E-state index contributed by atoms with van der Waals surface area (Å²) in [6.07, 6.45) is 1.19. The Morgan fingerprint density at radius 2 is 1.97 bits per heavy atom. The highest BCUT2D eigenvalue weighted by atomic mass is 32.2. The van der Waals surface area contributed by atoms with E-state index in [1.807, 2.05) is 24.3 Å². The highest BCUT2D eigenvalue weighted by molar-refractivity contribution is 7.89. The topological polar surface area (TPSA) is 87.7 Å². The van der Waals surface area contributed by atoms with E-state index in [0.29, 0.717) is 11.6 Å². The molecule has 2 N–H and O–H groups in total. The van der Waals surface area contributed by atoms with Gasteiger partial charge >= 0.3 is 0 Å². The number of carbonyl (C=O) groups is 1. The highest BCUT2D eigenvalue weighted by Gasteiger charge is 2.19. The molecule has 0 spiro atoms. The third kappa shape index (κ3) is 5.56. The Bertz CT molecular complexity index is 945. The molecule has 1 aliphatic heterocycles. The van der Waals surface area contributed by atoms with Crippen LogP contribution < -0.4 is 14.9 Å². The van der Waals surface area contributed by atoms with Gasteiger partial charge in [-0.3, -0.25) is 4.79 Å². The molecule has 1 unspecified atom stereocenters. The van der Waals surface area contributed by atoms with Gasteiger partial charge in [0, 0.05) is 43.7 Å². The zero-order valence-corrected chi connectivity index (χ0v) is 17.5. The smallest absolute Gasteiger partial charge is 0.255 e. The van der Waals surface area contributed by atoms with E-state index in [2.05, 4.69) is 21.9 Å². The zero-order valence-electron chi connectivity index (χ0n) is 16.7. The molecule has 1 heterocycles. The van der Waals surface area contributed by atoms with Crippen molar-refractivity contribution in [2.45, 2.75) is 18.2 Å². The number of anilines is 2. The summed E-state index contributed by atoms with van der Waals surface area (Å²) in [6, 6.07) is 13.7. The molecular formula is C21H27N3O4S.